The van der Waals surface area contributed by atoms with Crippen LogP contribution in [0.25, 0.3) is 0 Å². The van der Waals surface area contributed by atoms with Crippen molar-refractivity contribution in [3.8, 4) is 0 Å². The van der Waals surface area contributed by atoms with Crippen molar-refractivity contribution in [3.63, 3.8) is 0 Å². The molecular weight excluding hydrogens is 270 g/mol. The van der Waals surface area contributed by atoms with Crippen LogP contribution in [0.15, 0.2) is 24.3 Å². The van der Waals surface area contributed by atoms with E-state index in [4.69, 9.17) is 10.8 Å². The van der Waals surface area contributed by atoms with Crippen molar-refractivity contribution in [1.29, 1.82) is 0 Å². The Kier molecular flexibility index (Phi) is 7.42. The van der Waals surface area contributed by atoms with Gasteiger partial charge in [-0.25, -0.2) is 0 Å². The standard InChI is InChI=1S/C15H23N3O3/c1-2-11(10-16)9-14(20)18-13-5-3-12(4-6-13)15(21)17-7-8-19/h3-6,11,19H,2,7-10,16H2,1H3,(H,17,21)(H,18,20). The Bertz CT molecular complexity index is 456. The molecule has 1 rings (SSSR count). The lowest BCUT2D eigenvalue weighted by Gasteiger charge is -2.12. The zero-order valence-corrected chi connectivity index (χ0v) is 12.3. The van der Waals surface area contributed by atoms with Crippen molar-refractivity contribution in [3.05, 3.63) is 29.8 Å². The molecule has 6 nitrogen and oxygen atoms in total. The summed E-state index contributed by atoms with van der Waals surface area (Å²) in [6.07, 6.45) is 1.26. The van der Waals surface area contributed by atoms with Crippen LogP contribution in [0.2, 0.25) is 0 Å². The van der Waals surface area contributed by atoms with Gasteiger partial charge in [-0.2, -0.15) is 0 Å². The number of hydrogen-bond donors (Lipinski definition) is 4. The van der Waals surface area contributed by atoms with Gasteiger partial charge >= 0.3 is 0 Å². The molecule has 21 heavy (non-hydrogen) atoms. The van der Waals surface area contributed by atoms with Crippen molar-refractivity contribution in [2.45, 2.75) is 19.8 Å². The van der Waals surface area contributed by atoms with E-state index in [1.54, 1.807) is 24.3 Å². The molecule has 0 saturated carbocycles. The molecule has 5 N–H and O–H groups in total. The summed E-state index contributed by atoms with van der Waals surface area (Å²) in [4.78, 5) is 23.5. The number of anilines is 1. The predicted molar refractivity (Wildman–Crippen MR) is 81.9 cm³/mol. The molecule has 1 aromatic carbocycles. The minimum Gasteiger partial charge on any atom is -0.395 e. The third-order valence-corrected chi connectivity index (χ3v) is 3.21. The maximum absolute atomic E-state index is 11.8. The molecule has 0 fully saturated rings. The minimum absolute atomic E-state index is 0.0789. The summed E-state index contributed by atoms with van der Waals surface area (Å²) < 4.78 is 0. The fourth-order valence-corrected chi connectivity index (χ4v) is 1.84. The van der Waals surface area contributed by atoms with Crippen LogP contribution in [0.1, 0.15) is 30.1 Å². The van der Waals surface area contributed by atoms with Gasteiger partial charge in [-0.3, -0.25) is 9.59 Å². The van der Waals surface area contributed by atoms with Crippen LogP contribution in [-0.4, -0.2) is 36.6 Å². The summed E-state index contributed by atoms with van der Waals surface area (Å²) in [7, 11) is 0. The largest absolute Gasteiger partial charge is 0.395 e. The number of rotatable bonds is 8. The highest BCUT2D eigenvalue weighted by molar-refractivity contribution is 5.95. The lowest BCUT2D eigenvalue weighted by atomic mass is 10.0. The molecule has 0 aliphatic carbocycles. The third-order valence-electron chi connectivity index (χ3n) is 3.21. The molecule has 0 aromatic heterocycles. The summed E-state index contributed by atoms with van der Waals surface area (Å²) in [5.41, 5.74) is 6.70. The van der Waals surface area contributed by atoms with E-state index in [9.17, 15) is 9.59 Å². The first-order chi connectivity index (χ1) is 10.1. The average Bonchev–Trinajstić information content (AvgIpc) is 2.50. The van der Waals surface area contributed by atoms with E-state index < -0.39 is 0 Å². The normalized spacial score (nSPS) is 11.8. The van der Waals surface area contributed by atoms with Gasteiger partial charge in [0.05, 0.1) is 6.61 Å². The van der Waals surface area contributed by atoms with Crippen LogP contribution in [-0.2, 0) is 4.79 Å². The van der Waals surface area contributed by atoms with Crippen LogP contribution in [0.4, 0.5) is 5.69 Å². The number of carbonyl (C=O) groups is 2. The Labute approximate surface area is 124 Å². The van der Waals surface area contributed by atoms with Crippen molar-refractivity contribution >= 4 is 17.5 Å². The number of aliphatic hydroxyl groups is 1. The summed E-state index contributed by atoms with van der Waals surface area (Å²) >= 11 is 0. The quantitative estimate of drug-likeness (QED) is 0.567. The predicted octanol–water partition coefficient (Wildman–Crippen LogP) is 0.722. The van der Waals surface area contributed by atoms with E-state index in [0.717, 1.165) is 6.42 Å². The smallest absolute Gasteiger partial charge is 0.251 e. The summed E-state index contributed by atoms with van der Waals surface area (Å²) in [5.74, 6) is -0.144. The zero-order valence-electron chi connectivity index (χ0n) is 12.3. The van der Waals surface area contributed by atoms with Gasteiger partial charge in [-0.1, -0.05) is 13.3 Å². The van der Waals surface area contributed by atoms with Crippen LogP contribution in [0.3, 0.4) is 0 Å². The van der Waals surface area contributed by atoms with Crippen LogP contribution in [0.5, 0.6) is 0 Å². The zero-order chi connectivity index (χ0) is 15.7. The Morgan fingerprint density at radius 1 is 1.29 bits per heavy atom. The Morgan fingerprint density at radius 2 is 1.95 bits per heavy atom. The van der Waals surface area contributed by atoms with Gasteiger partial charge < -0.3 is 21.5 Å². The minimum atomic E-state index is -0.254. The third kappa shape index (κ3) is 5.93. The first-order valence-electron chi connectivity index (χ1n) is 7.09. The Morgan fingerprint density at radius 3 is 2.48 bits per heavy atom. The van der Waals surface area contributed by atoms with Crippen molar-refractivity contribution in [1.82, 2.24) is 5.32 Å². The van der Waals surface area contributed by atoms with Gasteiger partial charge in [-0.15, -0.1) is 0 Å². The van der Waals surface area contributed by atoms with E-state index in [0.29, 0.717) is 24.2 Å². The van der Waals surface area contributed by atoms with E-state index in [-0.39, 0.29) is 30.9 Å². The number of aliphatic hydroxyl groups excluding tert-OH is 1. The lowest BCUT2D eigenvalue weighted by molar-refractivity contribution is -0.117. The molecule has 6 heteroatoms. The fraction of sp³-hybridized carbons (Fsp3) is 0.467. The van der Waals surface area contributed by atoms with E-state index in [1.165, 1.54) is 0 Å². The Hall–Kier alpha value is -1.92. The molecular formula is C15H23N3O3. The van der Waals surface area contributed by atoms with Crippen molar-refractivity contribution < 1.29 is 14.7 Å². The van der Waals surface area contributed by atoms with Crippen LogP contribution in [0, 0.1) is 5.92 Å². The van der Waals surface area contributed by atoms with Gasteiger partial charge in [-0.05, 0) is 36.7 Å². The van der Waals surface area contributed by atoms with E-state index >= 15 is 0 Å². The molecule has 0 aliphatic rings. The highest BCUT2D eigenvalue weighted by Gasteiger charge is 2.11. The summed E-state index contributed by atoms with van der Waals surface area (Å²) in [6.45, 7) is 2.62. The number of nitrogens with one attached hydrogen (secondary N) is 2. The number of carbonyl (C=O) groups excluding carboxylic acids is 2. The highest BCUT2D eigenvalue weighted by Crippen LogP contribution is 2.12. The van der Waals surface area contributed by atoms with Crippen molar-refractivity contribution in [2.24, 2.45) is 11.7 Å². The molecule has 0 bridgehead atoms. The maximum atomic E-state index is 11.8. The molecule has 0 radical (unpaired) electrons. The molecule has 116 valence electrons. The van der Waals surface area contributed by atoms with Gasteiger partial charge in [0.15, 0.2) is 0 Å². The summed E-state index contributed by atoms with van der Waals surface area (Å²) in [5, 5.41) is 14.0. The van der Waals surface area contributed by atoms with Crippen LogP contribution < -0.4 is 16.4 Å². The average molecular weight is 293 g/mol. The van der Waals surface area contributed by atoms with Gasteiger partial charge in [0.1, 0.15) is 0 Å². The molecule has 0 heterocycles. The molecule has 1 unspecified atom stereocenters. The topological polar surface area (TPSA) is 104 Å². The van der Waals surface area contributed by atoms with Gasteiger partial charge in [0, 0.05) is 24.2 Å². The van der Waals surface area contributed by atoms with Gasteiger partial charge in [0.25, 0.3) is 5.91 Å². The second-order valence-electron chi connectivity index (χ2n) is 4.82. The van der Waals surface area contributed by atoms with E-state index in [2.05, 4.69) is 10.6 Å². The first-order valence-corrected chi connectivity index (χ1v) is 7.09. The Balaban J connectivity index is 2.54. The first kappa shape index (κ1) is 17.1. The summed E-state index contributed by atoms with van der Waals surface area (Å²) in [6, 6.07) is 6.61. The molecule has 0 saturated heterocycles. The molecule has 1 atom stereocenters. The second-order valence-corrected chi connectivity index (χ2v) is 4.82. The fourth-order valence-electron chi connectivity index (χ4n) is 1.84. The van der Waals surface area contributed by atoms with Crippen molar-refractivity contribution in [2.75, 3.05) is 25.0 Å². The highest BCUT2D eigenvalue weighted by atomic mass is 16.3. The second kappa shape index (κ2) is 9.10. The molecule has 1 aromatic rings. The van der Waals surface area contributed by atoms with Crippen LogP contribution >= 0.6 is 0 Å². The monoisotopic (exact) mass is 293 g/mol. The van der Waals surface area contributed by atoms with E-state index in [1.807, 2.05) is 6.92 Å². The number of amides is 2. The molecule has 0 aliphatic heterocycles. The number of nitrogens with two attached hydrogens (primary N) is 1. The lowest BCUT2D eigenvalue weighted by Crippen LogP contribution is -2.26. The number of hydrogen-bond acceptors (Lipinski definition) is 4. The number of benzene rings is 1. The molecule has 2 amide bonds. The molecule has 0 spiro atoms. The maximum Gasteiger partial charge on any atom is 0.251 e. The SMILES string of the molecule is CCC(CN)CC(=O)Nc1ccc(C(=O)NCCO)cc1. The van der Waals surface area contributed by atoms with Gasteiger partial charge in [0.2, 0.25) is 5.91 Å².